The second-order valence-electron chi connectivity index (χ2n) is 7.93. The lowest BCUT2D eigenvalue weighted by atomic mass is 10.1. The largest absolute Gasteiger partial charge is 0.338 e. The first-order valence-electron chi connectivity index (χ1n) is 9.89. The normalized spacial score (nSPS) is 18.3. The van der Waals surface area contributed by atoms with Crippen LogP contribution < -0.4 is 0 Å². The molecule has 29 heavy (non-hydrogen) atoms. The SMILES string of the molecule is Cc1nc(-c2ccc(CC(=O)N(CCCN(C)C)C3CCS(=O)(=O)C3)cc2)cs1. The van der Waals surface area contributed by atoms with Gasteiger partial charge in [0, 0.05) is 23.5 Å². The molecular weight excluding hydrogens is 406 g/mol. The van der Waals surface area contributed by atoms with Gasteiger partial charge in [-0.2, -0.15) is 0 Å². The van der Waals surface area contributed by atoms with E-state index in [0.29, 0.717) is 13.0 Å². The topological polar surface area (TPSA) is 70.6 Å². The predicted octanol–water partition coefficient (Wildman–Crippen LogP) is 2.63. The van der Waals surface area contributed by atoms with E-state index in [4.69, 9.17) is 0 Å². The van der Waals surface area contributed by atoms with Crippen LogP contribution in [0.1, 0.15) is 23.4 Å². The van der Waals surface area contributed by atoms with Crippen LogP contribution in [-0.2, 0) is 21.1 Å². The van der Waals surface area contributed by atoms with E-state index in [0.717, 1.165) is 34.8 Å². The standard InChI is InChI=1S/C21H29N3O3S2/c1-16-22-20(14-28-16)18-7-5-17(6-8-18)13-21(25)24(11-4-10-23(2)3)19-9-12-29(26,27)15-19/h5-8,14,19H,4,9-13,15H2,1-3H3. The van der Waals surface area contributed by atoms with Crippen molar-refractivity contribution in [1.29, 1.82) is 0 Å². The summed E-state index contributed by atoms with van der Waals surface area (Å²) in [5.41, 5.74) is 2.92. The molecule has 2 heterocycles. The van der Waals surface area contributed by atoms with Gasteiger partial charge in [0.25, 0.3) is 0 Å². The summed E-state index contributed by atoms with van der Waals surface area (Å²) in [4.78, 5) is 21.4. The molecule has 1 aliphatic rings. The van der Waals surface area contributed by atoms with E-state index in [1.807, 2.05) is 50.7 Å². The molecule has 1 aromatic carbocycles. The molecular formula is C21H29N3O3S2. The zero-order chi connectivity index (χ0) is 21.0. The summed E-state index contributed by atoms with van der Waals surface area (Å²) in [5.74, 6) is 0.266. The zero-order valence-electron chi connectivity index (χ0n) is 17.3. The van der Waals surface area contributed by atoms with Gasteiger partial charge in [-0.3, -0.25) is 4.79 Å². The number of sulfone groups is 1. The molecule has 2 aromatic rings. The highest BCUT2D eigenvalue weighted by molar-refractivity contribution is 7.91. The molecule has 0 radical (unpaired) electrons. The summed E-state index contributed by atoms with van der Waals surface area (Å²) < 4.78 is 23.9. The first kappa shape index (κ1) is 21.9. The summed E-state index contributed by atoms with van der Waals surface area (Å²) in [7, 11) is 0.962. The Hall–Kier alpha value is -1.77. The van der Waals surface area contributed by atoms with E-state index < -0.39 is 9.84 Å². The highest BCUT2D eigenvalue weighted by Crippen LogP contribution is 2.23. The molecule has 3 rings (SSSR count). The van der Waals surface area contributed by atoms with Gasteiger partial charge in [0.1, 0.15) is 0 Å². The van der Waals surface area contributed by atoms with E-state index in [1.165, 1.54) is 0 Å². The Morgan fingerprint density at radius 2 is 1.93 bits per heavy atom. The third-order valence-electron chi connectivity index (χ3n) is 5.20. The Labute approximate surface area is 177 Å². The van der Waals surface area contributed by atoms with Crippen molar-refractivity contribution in [2.24, 2.45) is 0 Å². The number of aryl methyl sites for hydroxylation is 1. The van der Waals surface area contributed by atoms with Gasteiger partial charge in [-0.15, -0.1) is 11.3 Å². The number of hydrogen-bond donors (Lipinski definition) is 0. The Kier molecular flexibility index (Phi) is 7.08. The van der Waals surface area contributed by atoms with Crippen molar-refractivity contribution in [3.8, 4) is 11.3 Å². The van der Waals surface area contributed by atoms with Crippen molar-refractivity contribution in [3.63, 3.8) is 0 Å². The Bertz CT molecular complexity index is 936. The van der Waals surface area contributed by atoms with Crippen LogP contribution in [0.15, 0.2) is 29.6 Å². The van der Waals surface area contributed by atoms with Gasteiger partial charge in [0.15, 0.2) is 9.84 Å². The number of benzene rings is 1. The van der Waals surface area contributed by atoms with Gasteiger partial charge in [-0.25, -0.2) is 13.4 Å². The Balaban J connectivity index is 1.68. The molecule has 0 saturated carbocycles. The summed E-state index contributed by atoms with van der Waals surface area (Å²) >= 11 is 1.62. The second-order valence-corrected chi connectivity index (χ2v) is 11.2. The molecule has 158 valence electrons. The van der Waals surface area contributed by atoms with Crippen LogP contribution in [0.4, 0.5) is 0 Å². The van der Waals surface area contributed by atoms with Gasteiger partial charge in [0.05, 0.1) is 28.6 Å². The van der Waals surface area contributed by atoms with Gasteiger partial charge >= 0.3 is 0 Å². The number of carbonyl (C=O) groups is 1. The van der Waals surface area contributed by atoms with E-state index in [1.54, 1.807) is 16.2 Å². The lowest BCUT2D eigenvalue weighted by molar-refractivity contribution is -0.132. The predicted molar refractivity (Wildman–Crippen MR) is 118 cm³/mol. The average Bonchev–Trinajstić information content (AvgIpc) is 3.24. The second kappa shape index (κ2) is 9.36. The van der Waals surface area contributed by atoms with E-state index >= 15 is 0 Å². The van der Waals surface area contributed by atoms with Gasteiger partial charge in [0.2, 0.25) is 5.91 Å². The third kappa shape index (κ3) is 6.10. The minimum atomic E-state index is -3.03. The Morgan fingerprint density at radius 3 is 2.48 bits per heavy atom. The highest BCUT2D eigenvalue weighted by atomic mass is 32.2. The molecule has 8 heteroatoms. The fourth-order valence-electron chi connectivity index (χ4n) is 3.65. The van der Waals surface area contributed by atoms with E-state index in [2.05, 4.69) is 9.88 Å². The summed E-state index contributed by atoms with van der Waals surface area (Å²) in [6.45, 7) is 3.44. The van der Waals surface area contributed by atoms with Gasteiger partial charge in [-0.1, -0.05) is 24.3 Å². The zero-order valence-corrected chi connectivity index (χ0v) is 18.9. The number of thiazole rings is 1. The fraction of sp³-hybridized carbons (Fsp3) is 0.524. The number of amides is 1. The molecule has 1 unspecified atom stereocenters. The molecule has 1 saturated heterocycles. The molecule has 6 nitrogen and oxygen atoms in total. The van der Waals surface area contributed by atoms with Crippen LogP contribution in [0, 0.1) is 6.92 Å². The molecule has 0 aliphatic carbocycles. The molecule has 0 bridgehead atoms. The number of rotatable bonds is 8. The monoisotopic (exact) mass is 435 g/mol. The van der Waals surface area contributed by atoms with Crippen LogP contribution >= 0.6 is 11.3 Å². The van der Waals surface area contributed by atoms with Crippen molar-refractivity contribution in [1.82, 2.24) is 14.8 Å². The number of aromatic nitrogens is 1. The van der Waals surface area contributed by atoms with Gasteiger partial charge < -0.3 is 9.80 Å². The molecule has 1 aliphatic heterocycles. The maximum Gasteiger partial charge on any atom is 0.227 e. The number of hydrogen-bond acceptors (Lipinski definition) is 6. The average molecular weight is 436 g/mol. The van der Waals surface area contributed by atoms with E-state index in [-0.39, 0.29) is 29.9 Å². The lowest BCUT2D eigenvalue weighted by Gasteiger charge is -2.29. The van der Waals surface area contributed by atoms with Crippen LogP contribution in [0.2, 0.25) is 0 Å². The maximum atomic E-state index is 13.1. The quantitative estimate of drug-likeness (QED) is 0.637. The number of carbonyl (C=O) groups excluding carboxylic acids is 1. The van der Waals surface area contributed by atoms with Crippen molar-refractivity contribution in [2.75, 3.05) is 38.7 Å². The fourth-order valence-corrected chi connectivity index (χ4v) is 6.01. The van der Waals surface area contributed by atoms with E-state index in [9.17, 15) is 13.2 Å². The van der Waals surface area contributed by atoms with Crippen LogP contribution in [-0.4, -0.2) is 73.8 Å². The minimum Gasteiger partial charge on any atom is -0.338 e. The summed E-state index contributed by atoms with van der Waals surface area (Å²) in [5, 5.41) is 3.06. The maximum absolute atomic E-state index is 13.1. The molecule has 0 N–H and O–H groups in total. The number of nitrogens with zero attached hydrogens (tertiary/aromatic N) is 3. The summed E-state index contributed by atoms with van der Waals surface area (Å²) in [6.07, 6.45) is 1.66. The molecule has 1 aromatic heterocycles. The van der Waals surface area contributed by atoms with Crippen molar-refractivity contribution in [2.45, 2.75) is 32.2 Å². The Morgan fingerprint density at radius 1 is 1.21 bits per heavy atom. The van der Waals surface area contributed by atoms with Crippen LogP contribution in [0.5, 0.6) is 0 Å². The molecule has 1 atom stereocenters. The highest BCUT2D eigenvalue weighted by Gasteiger charge is 2.34. The van der Waals surface area contributed by atoms with Crippen molar-refractivity contribution >= 4 is 27.1 Å². The molecule has 0 spiro atoms. The van der Waals surface area contributed by atoms with Crippen LogP contribution in [0.3, 0.4) is 0 Å². The van der Waals surface area contributed by atoms with Crippen molar-refractivity contribution < 1.29 is 13.2 Å². The lowest BCUT2D eigenvalue weighted by Crippen LogP contribution is -2.43. The molecule has 1 fully saturated rings. The summed E-state index contributed by atoms with van der Waals surface area (Å²) in [6, 6.07) is 7.71. The third-order valence-corrected chi connectivity index (χ3v) is 7.72. The molecule has 1 amide bonds. The smallest absolute Gasteiger partial charge is 0.227 e. The first-order valence-corrected chi connectivity index (χ1v) is 12.6. The van der Waals surface area contributed by atoms with Crippen LogP contribution in [0.25, 0.3) is 11.3 Å². The van der Waals surface area contributed by atoms with Gasteiger partial charge in [-0.05, 0) is 46.0 Å². The minimum absolute atomic E-state index is 0.00288. The van der Waals surface area contributed by atoms with Crippen molar-refractivity contribution in [3.05, 3.63) is 40.2 Å². The first-order chi connectivity index (χ1) is 13.7.